The molecule has 0 unspecified atom stereocenters. The van der Waals surface area contributed by atoms with Crippen LogP contribution in [0.2, 0.25) is 0 Å². The van der Waals surface area contributed by atoms with Crippen LogP contribution in [0.3, 0.4) is 0 Å². The van der Waals surface area contributed by atoms with Crippen molar-refractivity contribution < 1.29 is 9.59 Å². The molecule has 0 atom stereocenters. The van der Waals surface area contributed by atoms with E-state index in [0.717, 1.165) is 34.3 Å². The van der Waals surface area contributed by atoms with Crippen LogP contribution in [0.4, 0.5) is 5.69 Å². The Bertz CT molecular complexity index is 782. The summed E-state index contributed by atoms with van der Waals surface area (Å²) in [7, 11) is 0. The molecule has 4 nitrogen and oxygen atoms in total. The van der Waals surface area contributed by atoms with E-state index in [4.69, 9.17) is 0 Å². The first-order valence-corrected chi connectivity index (χ1v) is 9.02. The highest BCUT2D eigenvalue weighted by Gasteiger charge is 2.21. The molecular formula is C20H19BrN2O2. The summed E-state index contributed by atoms with van der Waals surface area (Å²) < 4.78 is 1.01. The van der Waals surface area contributed by atoms with Crippen LogP contribution < -0.4 is 10.2 Å². The van der Waals surface area contributed by atoms with Crippen LogP contribution in [0.15, 0.2) is 59.1 Å². The zero-order valence-corrected chi connectivity index (χ0v) is 15.3. The van der Waals surface area contributed by atoms with Crippen molar-refractivity contribution in [1.82, 2.24) is 5.32 Å². The largest absolute Gasteiger partial charge is 0.348 e. The molecule has 3 rings (SSSR count). The lowest BCUT2D eigenvalue weighted by atomic mass is 10.2. The topological polar surface area (TPSA) is 49.4 Å². The molecule has 0 saturated carbocycles. The van der Waals surface area contributed by atoms with Crippen molar-refractivity contribution in [2.24, 2.45) is 0 Å². The Balaban J connectivity index is 1.51. The SMILES string of the molecule is O=C(/C=C/c1ccc(Br)cc1)NCc1ccc(N2CCCC2=O)cc1. The van der Waals surface area contributed by atoms with Gasteiger partial charge in [-0.05, 0) is 47.9 Å². The number of nitrogens with one attached hydrogen (secondary N) is 1. The Morgan fingerprint density at radius 2 is 1.84 bits per heavy atom. The average Bonchev–Trinajstić information content (AvgIpc) is 3.06. The fourth-order valence-electron chi connectivity index (χ4n) is 2.71. The van der Waals surface area contributed by atoms with Gasteiger partial charge >= 0.3 is 0 Å². The van der Waals surface area contributed by atoms with Crippen LogP contribution in [-0.2, 0) is 16.1 Å². The summed E-state index contributed by atoms with van der Waals surface area (Å²) in [5.74, 6) is 0.0425. The molecule has 1 saturated heterocycles. The van der Waals surface area contributed by atoms with Gasteiger partial charge in [-0.15, -0.1) is 0 Å². The second kappa shape index (κ2) is 8.12. The smallest absolute Gasteiger partial charge is 0.244 e. The number of amides is 2. The van der Waals surface area contributed by atoms with Crippen LogP contribution in [-0.4, -0.2) is 18.4 Å². The Morgan fingerprint density at radius 1 is 1.12 bits per heavy atom. The minimum atomic E-state index is -0.137. The van der Waals surface area contributed by atoms with E-state index in [0.29, 0.717) is 13.0 Å². The average molecular weight is 399 g/mol. The van der Waals surface area contributed by atoms with Crippen molar-refractivity contribution in [3.05, 3.63) is 70.2 Å². The van der Waals surface area contributed by atoms with Gasteiger partial charge in [-0.2, -0.15) is 0 Å². The van der Waals surface area contributed by atoms with Crippen LogP contribution >= 0.6 is 15.9 Å². The number of anilines is 1. The third kappa shape index (κ3) is 4.79. The molecule has 2 aromatic rings. The van der Waals surface area contributed by atoms with Crippen molar-refractivity contribution in [2.75, 3.05) is 11.4 Å². The third-order valence-corrected chi connectivity index (χ3v) is 4.61. The number of carbonyl (C=O) groups is 2. The lowest BCUT2D eigenvalue weighted by Crippen LogP contribution is -2.23. The van der Waals surface area contributed by atoms with E-state index in [1.54, 1.807) is 6.08 Å². The lowest BCUT2D eigenvalue weighted by Gasteiger charge is -2.15. The van der Waals surface area contributed by atoms with Crippen LogP contribution in [0.5, 0.6) is 0 Å². The van der Waals surface area contributed by atoms with E-state index in [1.165, 1.54) is 6.08 Å². The van der Waals surface area contributed by atoms with E-state index < -0.39 is 0 Å². The van der Waals surface area contributed by atoms with E-state index >= 15 is 0 Å². The molecule has 5 heteroatoms. The zero-order chi connectivity index (χ0) is 17.6. The number of carbonyl (C=O) groups excluding carboxylic acids is 2. The van der Waals surface area contributed by atoms with E-state index in [-0.39, 0.29) is 11.8 Å². The molecule has 1 aliphatic rings. The number of hydrogen-bond acceptors (Lipinski definition) is 2. The van der Waals surface area contributed by atoms with Gasteiger partial charge in [-0.3, -0.25) is 9.59 Å². The van der Waals surface area contributed by atoms with Crippen molar-refractivity contribution in [3.63, 3.8) is 0 Å². The van der Waals surface area contributed by atoms with Gasteiger partial charge in [0.05, 0.1) is 0 Å². The van der Waals surface area contributed by atoms with Crippen molar-refractivity contribution in [3.8, 4) is 0 Å². The van der Waals surface area contributed by atoms with Crippen LogP contribution in [0, 0.1) is 0 Å². The molecule has 0 aromatic heterocycles. The molecule has 1 fully saturated rings. The van der Waals surface area contributed by atoms with Gasteiger partial charge in [0, 0.05) is 35.7 Å². The van der Waals surface area contributed by atoms with Crippen molar-refractivity contribution >= 4 is 39.5 Å². The third-order valence-electron chi connectivity index (χ3n) is 4.09. The molecular weight excluding hydrogens is 380 g/mol. The molecule has 128 valence electrons. The van der Waals surface area contributed by atoms with Crippen molar-refractivity contribution in [2.45, 2.75) is 19.4 Å². The Morgan fingerprint density at radius 3 is 2.48 bits per heavy atom. The second-order valence-electron chi connectivity index (χ2n) is 5.92. The quantitative estimate of drug-likeness (QED) is 0.776. The summed E-state index contributed by atoms with van der Waals surface area (Å²) in [6.45, 7) is 1.24. The van der Waals surface area contributed by atoms with Gasteiger partial charge in [-0.25, -0.2) is 0 Å². The highest BCUT2D eigenvalue weighted by molar-refractivity contribution is 9.10. The molecule has 0 bridgehead atoms. The predicted octanol–water partition coefficient (Wildman–Crippen LogP) is 3.91. The summed E-state index contributed by atoms with van der Waals surface area (Å²) in [6, 6.07) is 15.5. The van der Waals surface area contributed by atoms with E-state index in [1.807, 2.05) is 53.4 Å². The van der Waals surface area contributed by atoms with Gasteiger partial charge in [0.15, 0.2) is 0 Å². The number of benzene rings is 2. The van der Waals surface area contributed by atoms with Gasteiger partial charge in [0.25, 0.3) is 0 Å². The molecule has 0 radical (unpaired) electrons. The minimum Gasteiger partial charge on any atom is -0.348 e. The summed E-state index contributed by atoms with van der Waals surface area (Å²) >= 11 is 3.38. The van der Waals surface area contributed by atoms with Crippen LogP contribution in [0.25, 0.3) is 6.08 Å². The molecule has 25 heavy (non-hydrogen) atoms. The first kappa shape index (κ1) is 17.4. The normalized spacial score (nSPS) is 14.3. The minimum absolute atomic E-state index is 0.137. The lowest BCUT2D eigenvalue weighted by molar-refractivity contribution is -0.117. The Kier molecular flexibility index (Phi) is 5.66. The molecule has 2 amide bonds. The van der Waals surface area contributed by atoms with Crippen LogP contribution in [0.1, 0.15) is 24.0 Å². The summed E-state index contributed by atoms with van der Waals surface area (Å²) in [6.07, 6.45) is 4.86. The first-order valence-electron chi connectivity index (χ1n) is 8.22. The van der Waals surface area contributed by atoms with Gasteiger partial charge in [-0.1, -0.05) is 40.2 Å². The first-order chi connectivity index (χ1) is 12.1. The monoisotopic (exact) mass is 398 g/mol. The molecule has 0 aliphatic carbocycles. The molecule has 1 aliphatic heterocycles. The highest BCUT2D eigenvalue weighted by Crippen LogP contribution is 2.21. The highest BCUT2D eigenvalue weighted by atomic mass is 79.9. The fraction of sp³-hybridized carbons (Fsp3) is 0.200. The molecule has 1 heterocycles. The van der Waals surface area contributed by atoms with E-state index in [9.17, 15) is 9.59 Å². The van der Waals surface area contributed by atoms with Crippen molar-refractivity contribution in [1.29, 1.82) is 0 Å². The Labute approximate surface area is 155 Å². The van der Waals surface area contributed by atoms with Gasteiger partial charge < -0.3 is 10.2 Å². The molecule has 0 spiro atoms. The summed E-state index contributed by atoms with van der Waals surface area (Å²) in [5.41, 5.74) is 2.89. The zero-order valence-electron chi connectivity index (χ0n) is 13.7. The van der Waals surface area contributed by atoms with Gasteiger partial charge in [0.1, 0.15) is 0 Å². The summed E-state index contributed by atoms with van der Waals surface area (Å²) in [5, 5.41) is 2.86. The fourth-order valence-corrected chi connectivity index (χ4v) is 2.97. The molecule has 1 N–H and O–H groups in total. The number of hydrogen-bond donors (Lipinski definition) is 1. The predicted molar refractivity (Wildman–Crippen MR) is 103 cm³/mol. The number of rotatable bonds is 5. The van der Waals surface area contributed by atoms with E-state index in [2.05, 4.69) is 21.2 Å². The number of nitrogens with zero attached hydrogens (tertiary/aromatic N) is 1. The Hall–Kier alpha value is -2.40. The second-order valence-corrected chi connectivity index (χ2v) is 6.83. The maximum absolute atomic E-state index is 11.9. The van der Waals surface area contributed by atoms with Gasteiger partial charge in [0.2, 0.25) is 11.8 Å². The number of halogens is 1. The maximum Gasteiger partial charge on any atom is 0.244 e. The standard InChI is InChI=1S/C20H19BrN2O2/c21-17-8-3-15(4-9-17)7-12-19(24)22-14-16-5-10-18(11-6-16)23-13-1-2-20(23)25/h3-12H,1-2,13-14H2,(H,22,24)/b12-7+. The maximum atomic E-state index is 11.9. The molecule has 2 aromatic carbocycles. The summed E-state index contributed by atoms with van der Waals surface area (Å²) in [4.78, 5) is 25.5.